The average molecular weight is 1140 g/mol. The molecule has 0 saturated heterocycles. The van der Waals surface area contributed by atoms with E-state index in [1.807, 2.05) is 0 Å². The van der Waals surface area contributed by atoms with Crippen LogP contribution in [0.5, 0.6) is 0 Å². The SMILES string of the molecule is CC/C=C\C/C=C\C/C=C\C/C=C\C/C=C\C/C=C\C/C=C\C/C=C\CCCCCCC(=O)OCC(COC(=O)CCCCCCCCC/C=C\C/C=C\C/C=C\CC)OC(=O)CCCCCCCCCCCCCCCCCCCC. The molecule has 0 N–H and O–H groups in total. The summed E-state index contributed by atoms with van der Waals surface area (Å²) in [5, 5.41) is 0. The molecule has 0 aromatic carbocycles. The van der Waals surface area contributed by atoms with Crippen molar-refractivity contribution in [3.8, 4) is 0 Å². The van der Waals surface area contributed by atoms with Crippen LogP contribution in [0.3, 0.4) is 0 Å². The minimum absolute atomic E-state index is 0.0925. The van der Waals surface area contributed by atoms with Gasteiger partial charge in [-0.25, -0.2) is 0 Å². The highest BCUT2D eigenvalue weighted by molar-refractivity contribution is 5.71. The zero-order valence-electron chi connectivity index (χ0n) is 53.5. The van der Waals surface area contributed by atoms with Crippen LogP contribution in [0.4, 0.5) is 0 Å². The number of carbonyl (C=O) groups excluding carboxylic acids is 3. The number of esters is 3. The molecule has 82 heavy (non-hydrogen) atoms. The first-order valence-electron chi connectivity index (χ1n) is 34.2. The summed E-state index contributed by atoms with van der Waals surface area (Å²) in [4.78, 5) is 38.4. The monoisotopic (exact) mass is 1130 g/mol. The van der Waals surface area contributed by atoms with Gasteiger partial charge in [-0.05, 0) is 116 Å². The van der Waals surface area contributed by atoms with Gasteiger partial charge in [-0.2, -0.15) is 0 Å². The summed E-state index contributed by atoms with van der Waals surface area (Å²) >= 11 is 0. The molecule has 0 spiro atoms. The van der Waals surface area contributed by atoms with E-state index in [9.17, 15) is 14.4 Å². The maximum atomic E-state index is 12.9. The molecule has 0 radical (unpaired) electrons. The van der Waals surface area contributed by atoms with Gasteiger partial charge >= 0.3 is 17.9 Å². The Morgan fingerprint density at radius 2 is 0.476 bits per heavy atom. The molecule has 6 heteroatoms. The van der Waals surface area contributed by atoms with Gasteiger partial charge in [-0.3, -0.25) is 14.4 Å². The molecule has 0 aliphatic rings. The van der Waals surface area contributed by atoms with E-state index in [1.54, 1.807) is 0 Å². The first kappa shape index (κ1) is 77.5. The van der Waals surface area contributed by atoms with E-state index in [0.717, 1.165) is 148 Å². The van der Waals surface area contributed by atoms with Gasteiger partial charge in [0.25, 0.3) is 0 Å². The fourth-order valence-corrected chi connectivity index (χ4v) is 9.36. The zero-order valence-corrected chi connectivity index (χ0v) is 53.5. The van der Waals surface area contributed by atoms with Gasteiger partial charge < -0.3 is 14.2 Å². The summed E-state index contributed by atoms with van der Waals surface area (Å²) in [6, 6.07) is 0. The molecular weight excluding hydrogens is 1010 g/mol. The van der Waals surface area contributed by atoms with Crippen LogP contribution in [-0.4, -0.2) is 37.2 Å². The largest absolute Gasteiger partial charge is 0.462 e. The van der Waals surface area contributed by atoms with Crippen LogP contribution in [-0.2, 0) is 28.6 Å². The van der Waals surface area contributed by atoms with Crippen molar-refractivity contribution >= 4 is 17.9 Å². The fraction of sp³-hybridized carbons (Fsp3) is 0.671. The normalized spacial score (nSPS) is 13.0. The Bertz CT molecular complexity index is 1730. The number of unbranched alkanes of at least 4 members (excludes halogenated alkanes) is 28. The summed E-state index contributed by atoms with van der Waals surface area (Å²) in [6.45, 7) is 6.42. The molecular formula is C76H126O6. The Balaban J connectivity index is 4.42. The standard InChI is InChI=1S/C76H126O6/c1-4-7-10-13-16-19-22-25-28-31-33-34-35-36-37-38-39-40-41-42-43-46-48-51-54-57-60-63-66-69-75(78)81-72-73(71-80-74(77)68-65-62-59-56-53-50-47-44-30-27-24-21-18-15-12-9-6-3)82-76(79)70-67-64-61-58-55-52-49-45-32-29-26-23-20-17-14-11-8-5-2/h7,9-10,12,16,18-19,21,25,27-28,30,33-34,36-37,39-40,42-43,48,51,73H,4-6,8,11,13-15,17,20,22-24,26,29,31-32,35,38,41,44-47,49-50,52-72H2,1-3H3/b10-7-,12-9-,19-16-,21-18-,28-25-,30-27-,34-33-,37-36-,40-39-,43-42-,51-48-. The highest BCUT2D eigenvalue weighted by Crippen LogP contribution is 2.17. The van der Waals surface area contributed by atoms with E-state index in [4.69, 9.17) is 14.2 Å². The molecule has 1 atom stereocenters. The van der Waals surface area contributed by atoms with Gasteiger partial charge in [0.2, 0.25) is 0 Å². The third-order valence-electron chi connectivity index (χ3n) is 14.4. The lowest BCUT2D eigenvalue weighted by Crippen LogP contribution is -2.30. The van der Waals surface area contributed by atoms with Crippen molar-refractivity contribution in [3.63, 3.8) is 0 Å². The van der Waals surface area contributed by atoms with E-state index in [1.165, 1.54) is 122 Å². The van der Waals surface area contributed by atoms with Crippen molar-refractivity contribution in [1.82, 2.24) is 0 Å². The second-order valence-electron chi connectivity index (χ2n) is 22.3. The van der Waals surface area contributed by atoms with E-state index in [-0.39, 0.29) is 31.1 Å². The van der Waals surface area contributed by atoms with Crippen molar-refractivity contribution in [2.45, 2.75) is 316 Å². The van der Waals surface area contributed by atoms with Crippen LogP contribution >= 0.6 is 0 Å². The Hall–Kier alpha value is -4.45. The van der Waals surface area contributed by atoms with Gasteiger partial charge in [0.1, 0.15) is 13.2 Å². The maximum Gasteiger partial charge on any atom is 0.306 e. The highest BCUT2D eigenvalue weighted by Gasteiger charge is 2.19. The van der Waals surface area contributed by atoms with Crippen LogP contribution in [0.1, 0.15) is 310 Å². The van der Waals surface area contributed by atoms with E-state index < -0.39 is 6.10 Å². The van der Waals surface area contributed by atoms with Crippen molar-refractivity contribution in [2.75, 3.05) is 13.2 Å². The quantitative estimate of drug-likeness (QED) is 0.0261. The zero-order chi connectivity index (χ0) is 59.2. The van der Waals surface area contributed by atoms with Crippen LogP contribution in [0.15, 0.2) is 134 Å². The molecule has 0 aliphatic carbocycles. The summed E-state index contributed by atoms with van der Waals surface area (Å²) in [7, 11) is 0. The molecule has 0 amide bonds. The van der Waals surface area contributed by atoms with Gasteiger partial charge in [0, 0.05) is 19.3 Å². The summed E-state index contributed by atoms with van der Waals surface area (Å²) in [6.07, 6.45) is 97.5. The van der Waals surface area contributed by atoms with E-state index in [2.05, 4.69) is 154 Å². The Morgan fingerprint density at radius 3 is 0.744 bits per heavy atom. The predicted molar refractivity (Wildman–Crippen MR) is 357 cm³/mol. The van der Waals surface area contributed by atoms with Crippen LogP contribution in [0.25, 0.3) is 0 Å². The number of carbonyl (C=O) groups is 3. The molecule has 0 saturated carbocycles. The summed E-state index contributed by atoms with van der Waals surface area (Å²) < 4.78 is 16.9. The van der Waals surface area contributed by atoms with Crippen molar-refractivity contribution < 1.29 is 28.6 Å². The van der Waals surface area contributed by atoms with Crippen LogP contribution in [0, 0.1) is 0 Å². The molecule has 0 aliphatic heterocycles. The van der Waals surface area contributed by atoms with Crippen LogP contribution in [0.2, 0.25) is 0 Å². The number of hydrogen-bond acceptors (Lipinski definition) is 6. The van der Waals surface area contributed by atoms with E-state index in [0.29, 0.717) is 19.3 Å². The van der Waals surface area contributed by atoms with Gasteiger partial charge in [0.05, 0.1) is 0 Å². The number of hydrogen-bond donors (Lipinski definition) is 0. The maximum absolute atomic E-state index is 12.9. The Labute approximate surface area is 506 Å². The van der Waals surface area contributed by atoms with Crippen molar-refractivity contribution in [1.29, 1.82) is 0 Å². The first-order valence-corrected chi connectivity index (χ1v) is 34.2. The molecule has 0 aromatic heterocycles. The molecule has 0 bridgehead atoms. The lowest BCUT2D eigenvalue weighted by atomic mass is 10.0. The number of rotatable bonds is 61. The van der Waals surface area contributed by atoms with Gasteiger partial charge in [-0.15, -0.1) is 0 Å². The Kier molecular flexibility index (Phi) is 65.3. The minimum atomic E-state index is -0.798. The number of allylic oxidation sites excluding steroid dienone is 22. The molecule has 1 unspecified atom stereocenters. The first-order chi connectivity index (χ1) is 40.5. The van der Waals surface area contributed by atoms with Crippen LogP contribution < -0.4 is 0 Å². The second kappa shape index (κ2) is 69.0. The predicted octanol–water partition coefficient (Wildman–Crippen LogP) is 23.7. The minimum Gasteiger partial charge on any atom is -0.462 e. The molecule has 0 fully saturated rings. The van der Waals surface area contributed by atoms with Gasteiger partial charge in [-0.1, -0.05) is 309 Å². The van der Waals surface area contributed by atoms with Crippen molar-refractivity contribution in [3.05, 3.63) is 134 Å². The number of ether oxygens (including phenoxy) is 3. The smallest absolute Gasteiger partial charge is 0.306 e. The second-order valence-corrected chi connectivity index (χ2v) is 22.3. The van der Waals surface area contributed by atoms with E-state index >= 15 is 0 Å². The summed E-state index contributed by atoms with van der Waals surface area (Å²) in [5.41, 5.74) is 0. The van der Waals surface area contributed by atoms with Crippen molar-refractivity contribution in [2.24, 2.45) is 0 Å². The Morgan fingerprint density at radius 1 is 0.256 bits per heavy atom. The lowest BCUT2D eigenvalue weighted by Gasteiger charge is -2.18. The molecule has 0 rings (SSSR count). The lowest BCUT2D eigenvalue weighted by molar-refractivity contribution is -0.167. The third-order valence-corrected chi connectivity index (χ3v) is 14.4. The summed E-state index contributed by atoms with van der Waals surface area (Å²) in [5.74, 6) is -0.918. The fourth-order valence-electron chi connectivity index (χ4n) is 9.36. The third kappa shape index (κ3) is 66.4. The molecule has 0 heterocycles. The molecule has 6 nitrogen and oxygen atoms in total. The molecule has 0 aromatic rings. The topological polar surface area (TPSA) is 78.9 Å². The highest BCUT2D eigenvalue weighted by atomic mass is 16.6. The average Bonchev–Trinajstić information content (AvgIpc) is 3.47. The van der Waals surface area contributed by atoms with Gasteiger partial charge in [0.15, 0.2) is 6.10 Å². The molecule has 466 valence electrons.